The van der Waals surface area contributed by atoms with E-state index in [1.165, 1.54) is 15.9 Å². The van der Waals surface area contributed by atoms with Gasteiger partial charge in [0.2, 0.25) is 5.91 Å². The van der Waals surface area contributed by atoms with Gasteiger partial charge >= 0.3 is 4.87 Å². The van der Waals surface area contributed by atoms with E-state index in [-0.39, 0.29) is 17.3 Å². The average molecular weight is 388 g/mol. The molecular weight excluding hydrogens is 375 g/mol. The van der Waals surface area contributed by atoms with E-state index in [0.29, 0.717) is 0 Å². The van der Waals surface area contributed by atoms with E-state index in [2.05, 4.69) is 27.9 Å². The van der Waals surface area contributed by atoms with Crippen molar-refractivity contribution >= 4 is 45.5 Å². The molecule has 1 aromatic carbocycles. The molecule has 0 fully saturated rings. The molecule has 0 radical (unpaired) electrons. The highest BCUT2D eigenvalue weighted by molar-refractivity contribution is 14.1. The lowest BCUT2D eigenvalue weighted by molar-refractivity contribution is -0.116. The van der Waals surface area contributed by atoms with Crippen LogP contribution in [0.25, 0.3) is 0 Å². The fourth-order valence-corrected chi connectivity index (χ4v) is 2.84. The second-order valence-electron chi connectivity index (χ2n) is 4.15. The van der Waals surface area contributed by atoms with Crippen molar-refractivity contribution in [1.82, 2.24) is 4.57 Å². The van der Waals surface area contributed by atoms with Crippen molar-refractivity contribution in [3.05, 3.63) is 48.1 Å². The van der Waals surface area contributed by atoms with Crippen LogP contribution in [-0.4, -0.2) is 10.5 Å². The van der Waals surface area contributed by atoms with Crippen LogP contribution in [-0.2, 0) is 11.3 Å². The number of nitrogens with zero attached hydrogens (tertiary/aromatic N) is 1. The highest BCUT2D eigenvalue weighted by atomic mass is 127. The molecule has 1 amide bonds. The van der Waals surface area contributed by atoms with Crippen molar-refractivity contribution in [3.63, 3.8) is 0 Å². The number of aromatic nitrogens is 1. The number of carbonyl (C=O) groups is 1. The van der Waals surface area contributed by atoms with Gasteiger partial charge in [0.1, 0.15) is 6.54 Å². The highest BCUT2D eigenvalue weighted by Crippen LogP contribution is 2.12. The number of thiazole rings is 1. The molecule has 0 aliphatic rings. The second-order valence-corrected chi connectivity index (χ2v) is 6.56. The molecule has 2 aromatic rings. The number of benzene rings is 1. The van der Waals surface area contributed by atoms with E-state index in [0.717, 1.165) is 19.8 Å². The number of hydrogen-bond donors (Lipinski definition) is 1. The van der Waals surface area contributed by atoms with Crippen LogP contribution in [0.5, 0.6) is 0 Å². The third-order valence-corrected chi connectivity index (χ3v) is 4.52. The fourth-order valence-electron chi connectivity index (χ4n) is 1.65. The molecule has 0 saturated carbocycles. The second kappa shape index (κ2) is 5.87. The van der Waals surface area contributed by atoms with Crippen LogP contribution < -0.4 is 10.2 Å². The number of carbonyl (C=O) groups excluding carboxylic acids is 1. The zero-order valence-corrected chi connectivity index (χ0v) is 13.5. The van der Waals surface area contributed by atoms with Crippen LogP contribution in [0.15, 0.2) is 29.1 Å². The van der Waals surface area contributed by atoms with E-state index >= 15 is 0 Å². The Hall–Kier alpha value is -1.15. The van der Waals surface area contributed by atoms with Crippen LogP contribution in [0.4, 0.5) is 5.69 Å². The van der Waals surface area contributed by atoms with Crippen molar-refractivity contribution < 1.29 is 4.79 Å². The summed E-state index contributed by atoms with van der Waals surface area (Å²) in [6.45, 7) is 3.79. The number of anilines is 1. The first-order valence-electron chi connectivity index (χ1n) is 5.69. The molecule has 19 heavy (non-hydrogen) atoms. The molecule has 0 bridgehead atoms. The van der Waals surface area contributed by atoms with Crippen molar-refractivity contribution in [2.75, 3.05) is 5.32 Å². The van der Waals surface area contributed by atoms with Crippen molar-refractivity contribution in [1.29, 1.82) is 0 Å². The van der Waals surface area contributed by atoms with Gasteiger partial charge < -0.3 is 5.32 Å². The molecule has 0 saturated heterocycles. The predicted molar refractivity (Wildman–Crippen MR) is 85.8 cm³/mol. The van der Waals surface area contributed by atoms with Crippen LogP contribution in [0.3, 0.4) is 0 Å². The van der Waals surface area contributed by atoms with Gasteiger partial charge in [0.05, 0.1) is 0 Å². The molecule has 2 rings (SSSR count). The zero-order valence-electron chi connectivity index (χ0n) is 10.6. The van der Waals surface area contributed by atoms with E-state index in [9.17, 15) is 9.59 Å². The van der Waals surface area contributed by atoms with Gasteiger partial charge in [-0.05, 0) is 60.7 Å². The Labute approximate surface area is 128 Å². The van der Waals surface area contributed by atoms with E-state index in [1.54, 1.807) is 0 Å². The summed E-state index contributed by atoms with van der Waals surface area (Å²) in [4.78, 5) is 24.5. The summed E-state index contributed by atoms with van der Waals surface area (Å²) in [6.07, 6.45) is 0. The van der Waals surface area contributed by atoms with Gasteiger partial charge in [-0.3, -0.25) is 14.2 Å². The number of hydrogen-bond acceptors (Lipinski definition) is 3. The molecular formula is C13H13IN2O2S. The number of rotatable bonds is 3. The normalized spacial score (nSPS) is 10.5. The largest absolute Gasteiger partial charge is 0.325 e. The number of halogens is 1. The van der Waals surface area contributed by atoms with Gasteiger partial charge in [0, 0.05) is 19.8 Å². The minimum Gasteiger partial charge on any atom is -0.325 e. The molecule has 0 aliphatic heterocycles. The molecule has 100 valence electrons. The Balaban J connectivity index is 2.09. The Morgan fingerprint density at radius 2 is 1.95 bits per heavy atom. The van der Waals surface area contributed by atoms with Gasteiger partial charge in [-0.25, -0.2) is 0 Å². The molecule has 1 heterocycles. The Morgan fingerprint density at radius 1 is 1.32 bits per heavy atom. The van der Waals surface area contributed by atoms with Crippen LogP contribution >= 0.6 is 33.9 Å². The summed E-state index contributed by atoms with van der Waals surface area (Å²) < 4.78 is 2.61. The molecule has 6 heteroatoms. The van der Waals surface area contributed by atoms with E-state index < -0.39 is 0 Å². The maximum Gasteiger partial charge on any atom is 0.308 e. The standard InChI is InChI=1S/C13H13IN2O2S/c1-8-9(2)19-13(18)16(8)7-12(17)15-11-5-3-10(14)4-6-11/h3-6H,7H2,1-2H3,(H,15,17). The molecule has 0 spiro atoms. The van der Waals surface area contributed by atoms with Crippen molar-refractivity contribution in [2.24, 2.45) is 0 Å². The average Bonchev–Trinajstić information content (AvgIpc) is 2.59. The minimum atomic E-state index is -0.191. The lowest BCUT2D eigenvalue weighted by Gasteiger charge is -2.07. The summed E-state index contributed by atoms with van der Waals surface area (Å²) in [5.41, 5.74) is 1.59. The van der Waals surface area contributed by atoms with E-state index in [1.807, 2.05) is 38.1 Å². The quantitative estimate of drug-likeness (QED) is 0.823. The summed E-state index contributed by atoms with van der Waals surface area (Å²) in [6, 6.07) is 7.52. The smallest absolute Gasteiger partial charge is 0.308 e. The third kappa shape index (κ3) is 3.44. The first-order chi connectivity index (χ1) is 8.97. The van der Waals surface area contributed by atoms with Gasteiger partial charge in [0.25, 0.3) is 0 Å². The topological polar surface area (TPSA) is 51.1 Å². The molecule has 1 aromatic heterocycles. The predicted octanol–water partition coefficient (Wildman–Crippen LogP) is 2.77. The SMILES string of the molecule is Cc1sc(=O)n(CC(=O)Nc2ccc(I)cc2)c1C. The minimum absolute atomic E-state index is 0.0565. The summed E-state index contributed by atoms with van der Waals surface area (Å²) in [5.74, 6) is -0.191. The highest BCUT2D eigenvalue weighted by Gasteiger charge is 2.11. The van der Waals surface area contributed by atoms with Gasteiger partial charge in [0.15, 0.2) is 0 Å². The summed E-state index contributed by atoms with van der Waals surface area (Å²) in [7, 11) is 0. The lowest BCUT2D eigenvalue weighted by Crippen LogP contribution is -2.25. The summed E-state index contributed by atoms with van der Waals surface area (Å²) >= 11 is 3.38. The molecule has 0 aliphatic carbocycles. The van der Waals surface area contributed by atoms with Gasteiger partial charge in [-0.1, -0.05) is 11.3 Å². The molecule has 0 unspecified atom stereocenters. The van der Waals surface area contributed by atoms with Crippen molar-refractivity contribution in [3.8, 4) is 0 Å². The van der Waals surface area contributed by atoms with Gasteiger partial charge in [-0.2, -0.15) is 0 Å². The van der Waals surface area contributed by atoms with E-state index in [4.69, 9.17) is 0 Å². The van der Waals surface area contributed by atoms with Crippen LogP contribution in [0, 0.1) is 17.4 Å². The third-order valence-electron chi connectivity index (χ3n) is 2.80. The Morgan fingerprint density at radius 3 is 2.47 bits per heavy atom. The zero-order chi connectivity index (χ0) is 14.0. The number of aryl methyl sites for hydroxylation is 1. The maximum atomic E-state index is 11.9. The summed E-state index contributed by atoms with van der Waals surface area (Å²) in [5, 5.41) is 2.78. The van der Waals surface area contributed by atoms with Crippen molar-refractivity contribution in [2.45, 2.75) is 20.4 Å². The Kier molecular flexibility index (Phi) is 4.41. The fraction of sp³-hybridized carbons (Fsp3) is 0.231. The molecule has 4 nitrogen and oxygen atoms in total. The monoisotopic (exact) mass is 388 g/mol. The lowest BCUT2D eigenvalue weighted by atomic mass is 10.3. The van der Waals surface area contributed by atoms with Crippen LogP contribution in [0.1, 0.15) is 10.6 Å². The number of nitrogens with one attached hydrogen (secondary N) is 1. The maximum absolute atomic E-state index is 11.9. The first-order valence-corrected chi connectivity index (χ1v) is 7.59. The molecule has 1 N–H and O–H groups in total. The van der Waals surface area contributed by atoms with Gasteiger partial charge in [-0.15, -0.1) is 0 Å². The first kappa shape index (κ1) is 14.3. The molecule has 0 atom stereocenters. The Bertz CT molecular complexity index is 658. The number of amides is 1. The van der Waals surface area contributed by atoms with Crippen LogP contribution in [0.2, 0.25) is 0 Å².